The van der Waals surface area contributed by atoms with Crippen molar-refractivity contribution >= 4 is 11.6 Å². The number of hydrogen-bond donors (Lipinski definition) is 1. The summed E-state index contributed by atoms with van der Waals surface area (Å²) in [6, 6.07) is 14.8. The highest BCUT2D eigenvalue weighted by molar-refractivity contribution is 5.97. The van der Waals surface area contributed by atoms with E-state index >= 15 is 0 Å². The number of aryl methyl sites for hydroxylation is 2. The van der Waals surface area contributed by atoms with Gasteiger partial charge in [-0.3, -0.25) is 14.2 Å². The lowest BCUT2D eigenvalue weighted by atomic mass is 9.96. The maximum Gasteiger partial charge on any atom is 0.252 e. The zero-order valence-electron chi connectivity index (χ0n) is 24.6. The summed E-state index contributed by atoms with van der Waals surface area (Å²) in [7, 11) is 2.15. The quantitative estimate of drug-likeness (QED) is 0.317. The summed E-state index contributed by atoms with van der Waals surface area (Å²) in [6.07, 6.45) is 5.98. The van der Waals surface area contributed by atoms with Crippen LogP contribution in [-0.2, 0) is 6.54 Å². The molecule has 1 saturated heterocycles. The summed E-state index contributed by atoms with van der Waals surface area (Å²) in [5, 5.41) is 12.6. The summed E-state index contributed by atoms with van der Waals surface area (Å²) in [5.41, 5.74) is 7.86. The molecule has 0 radical (unpaired) electrons. The molecule has 2 aromatic carbocycles. The van der Waals surface area contributed by atoms with Crippen molar-refractivity contribution < 1.29 is 4.79 Å². The summed E-state index contributed by atoms with van der Waals surface area (Å²) >= 11 is 0. The molecule has 1 fully saturated rings. The number of carbonyl (C=O) groups is 1. The highest BCUT2D eigenvalue weighted by atomic mass is 16.1. The van der Waals surface area contributed by atoms with Crippen LogP contribution < -0.4 is 10.2 Å². The van der Waals surface area contributed by atoms with E-state index in [4.69, 9.17) is 5.10 Å². The van der Waals surface area contributed by atoms with Crippen LogP contribution in [-0.4, -0.2) is 63.6 Å². The molecule has 1 N–H and O–H groups in total. The Kier molecular flexibility index (Phi) is 8.07. The highest BCUT2D eigenvalue weighted by Crippen LogP contribution is 2.31. The third-order valence-corrected chi connectivity index (χ3v) is 7.86. The van der Waals surface area contributed by atoms with Crippen molar-refractivity contribution in [1.82, 2.24) is 29.8 Å². The number of piperazine rings is 1. The minimum absolute atomic E-state index is 0.0594. The maximum absolute atomic E-state index is 13.6. The van der Waals surface area contributed by atoms with Crippen molar-refractivity contribution in [2.24, 2.45) is 0 Å². The second kappa shape index (κ2) is 11.7. The fraction of sp³-hybridized carbons (Fsp3) is 0.406. The van der Waals surface area contributed by atoms with E-state index in [1.54, 1.807) is 0 Å². The summed E-state index contributed by atoms with van der Waals surface area (Å²) in [4.78, 5) is 18.3. The van der Waals surface area contributed by atoms with Gasteiger partial charge < -0.3 is 15.1 Å². The Bertz CT molecular complexity index is 1480. The number of likely N-dealkylation sites (N-methyl/N-ethyl adjacent to an activating group) is 1. The van der Waals surface area contributed by atoms with Gasteiger partial charge >= 0.3 is 0 Å². The molecule has 2 aromatic heterocycles. The van der Waals surface area contributed by atoms with E-state index in [9.17, 15) is 4.79 Å². The van der Waals surface area contributed by atoms with E-state index in [-0.39, 0.29) is 18.0 Å². The van der Waals surface area contributed by atoms with Crippen molar-refractivity contribution in [3.05, 3.63) is 77.7 Å². The number of amides is 1. The van der Waals surface area contributed by atoms with Gasteiger partial charge in [-0.2, -0.15) is 10.2 Å². The number of hydrogen-bond acceptors (Lipinski definition) is 5. The standard InChI is InChI=1S/C32H41N7O/c1-7-38-11-10-31(35-38)27-17-25(16-26(18-27)28-20-33-39(21-28)22(2)3)24(5)34-32(40)30-19-29(9-8-23(30)4)37-14-12-36(6)13-15-37/h8-11,16-22,24H,7,12-15H2,1-6H3,(H,34,40)/t24-/m1/s1. The fourth-order valence-electron chi connectivity index (χ4n) is 5.15. The predicted molar refractivity (Wildman–Crippen MR) is 162 cm³/mol. The summed E-state index contributed by atoms with van der Waals surface area (Å²) < 4.78 is 3.90. The third kappa shape index (κ3) is 5.97. The first-order valence-electron chi connectivity index (χ1n) is 14.3. The second-order valence-electron chi connectivity index (χ2n) is 11.2. The largest absolute Gasteiger partial charge is 0.369 e. The monoisotopic (exact) mass is 539 g/mol. The Morgan fingerprint density at radius 2 is 1.73 bits per heavy atom. The average molecular weight is 540 g/mol. The molecule has 40 heavy (non-hydrogen) atoms. The topological polar surface area (TPSA) is 71.2 Å². The molecular weight excluding hydrogens is 498 g/mol. The van der Waals surface area contributed by atoms with Gasteiger partial charge in [-0.25, -0.2) is 0 Å². The molecule has 0 aliphatic carbocycles. The van der Waals surface area contributed by atoms with E-state index in [2.05, 4.69) is 84.6 Å². The number of benzene rings is 2. The first-order valence-corrected chi connectivity index (χ1v) is 14.3. The molecule has 210 valence electrons. The van der Waals surface area contributed by atoms with Crippen LogP contribution in [0.2, 0.25) is 0 Å². The molecule has 0 bridgehead atoms. The minimum Gasteiger partial charge on any atom is -0.369 e. The normalized spacial score (nSPS) is 15.0. The van der Waals surface area contributed by atoms with Crippen LogP contribution in [0.15, 0.2) is 61.1 Å². The van der Waals surface area contributed by atoms with E-state index in [1.807, 2.05) is 47.7 Å². The minimum atomic E-state index is -0.203. The molecule has 0 spiro atoms. The maximum atomic E-state index is 13.6. The molecule has 0 unspecified atom stereocenters. The summed E-state index contributed by atoms with van der Waals surface area (Å²) in [6.45, 7) is 15.2. The van der Waals surface area contributed by atoms with Gasteiger partial charge in [-0.05, 0) is 94.8 Å². The lowest BCUT2D eigenvalue weighted by Gasteiger charge is -2.34. The Labute approximate surface area is 237 Å². The SMILES string of the molecule is CCn1ccc(-c2cc(-c3cnn(C(C)C)c3)cc([C@@H](C)NC(=O)c3cc(N4CCN(C)CC4)ccc3C)c2)n1. The second-order valence-corrected chi connectivity index (χ2v) is 11.2. The molecular formula is C32H41N7O. The van der Waals surface area contributed by atoms with Crippen LogP contribution in [0.4, 0.5) is 5.69 Å². The van der Waals surface area contributed by atoms with Gasteiger partial charge in [-0.1, -0.05) is 6.07 Å². The molecule has 8 nitrogen and oxygen atoms in total. The first-order chi connectivity index (χ1) is 19.2. The molecule has 8 heteroatoms. The van der Waals surface area contributed by atoms with E-state index in [0.717, 1.165) is 77.5 Å². The van der Waals surface area contributed by atoms with Crippen molar-refractivity contribution in [3.63, 3.8) is 0 Å². The van der Waals surface area contributed by atoms with E-state index in [1.165, 1.54) is 0 Å². The third-order valence-electron chi connectivity index (χ3n) is 7.86. The van der Waals surface area contributed by atoms with Gasteiger partial charge in [0.15, 0.2) is 0 Å². The lowest BCUT2D eigenvalue weighted by Crippen LogP contribution is -2.44. The number of rotatable bonds is 8. The lowest BCUT2D eigenvalue weighted by molar-refractivity contribution is 0.0939. The number of nitrogens with zero attached hydrogens (tertiary/aromatic N) is 6. The Balaban J connectivity index is 1.44. The Hall–Kier alpha value is -3.91. The van der Waals surface area contributed by atoms with Crippen LogP contribution in [0.25, 0.3) is 22.4 Å². The molecule has 0 saturated carbocycles. The van der Waals surface area contributed by atoms with Crippen LogP contribution in [0.1, 0.15) is 61.3 Å². The smallest absolute Gasteiger partial charge is 0.252 e. The first kappa shape index (κ1) is 27.6. The molecule has 4 aromatic rings. The zero-order valence-corrected chi connectivity index (χ0v) is 24.6. The van der Waals surface area contributed by atoms with Gasteiger partial charge in [0.2, 0.25) is 0 Å². The van der Waals surface area contributed by atoms with Crippen molar-refractivity contribution in [3.8, 4) is 22.4 Å². The Morgan fingerprint density at radius 1 is 0.975 bits per heavy atom. The predicted octanol–water partition coefficient (Wildman–Crippen LogP) is 5.57. The molecule has 3 heterocycles. The average Bonchev–Trinajstić information content (AvgIpc) is 3.64. The van der Waals surface area contributed by atoms with Gasteiger partial charge in [0.25, 0.3) is 5.91 Å². The summed E-state index contributed by atoms with van der Waals surface area (Å²) in [5.74, 6) is -0.0594. The van der Waals surface area contributed by atoms with Crippen LogP contribution in [0, 0.1) is 6.92 Å². The van der Waals surface area contributed by atoms with Gasteiger partial charge in [0, 0.05) is 73.5 Å². The van der Waals surface area contributed by atoms with Gasteiger partial charge in [0.1, 0.15) is 0 Å². The van der Waals surface area contributed by atoms with Gasteiger partial charge in [-0.15, -0.1) is 0 Å². The molecule has 1 atom stereocenters. The number of aromatic nitrogens is 4. The molecule has 5 rings (SSSR count). The fourth-order valence-corrected chi connectivity index (χ4v) is 5.15. The molecule has 1 aliphatic rings. The van der Waals surface area contributed by atoms with Crippen molar-refractivity contribution in [2.45, 2.75) is 53.2 Å². The van der Waals surface area contributed by atoms with E-state index < -0.39 is 0 Å². The number of anilines is 1. The van der Waals surface area contributed by atoms with Crippen LogP contribution in [0.5, 0.6) is 0 Å². The zero-order chi connectivity index (χ0) is 28.4. The molecule has 1 aliphatic heterocycles. The van der Waals surface area contributed by atoms with Crippen molar-refractivity contribution in [2.75, 3.05) is 38.1 Å². The molecule has 1 amide bonds. The number of carbonyl (C=O) groups excluding carboxylic acids is 1. The van der Waals surface area contributed by atoms with Crippen LogP contribution in [0.3, 0.4) is 0 Å². The van der Waals surface area contributed by atoms with Crippen LogP contribution >= 0.6 is 0 Å². The van der Waals surface area contributed by atoms with Crippen molar-refractivity contribution in [1.29, 1.82) is 0 Å². The highest BCUT2D eigenvalue weighted by Gasteiger charge is 2.20. The van der Waals surface area contributed by atoms with Gasteiger partial charge in [0.05, 0.1) is 17.9 Å². The van der Waals surface area contributed by atoms with E-state index in [0.29, 0.717) is 0 Å². The number of nitrogens with one attached hydrogen (secondary N) is 1. The Morgan fingerprint density at radius 3 is 2.40 bits per heavy atom.